The Balaban J connectivity index is 2.17. The largest absolute Gasteiger partial charge is 0.301 e. The maximum atomic E-state index is 14.4. The Morgan fingerprint density at radius 3 is 2.30 bits per heavy atom. The number of hydrogen-bond donors (Lipinski definition) is 0. The summed E-state index contributed by atoms with van der Waals surface area (Å²) >= 11 is 3.20. The summed E-state index contributed by atoms with van der Waals surface area (Å²) in [5.41, 5.74) is 0.469. The number of benzene rings is 2. The second-order valence-electron chi connectivity index (χ2n) is 5.80. The standard InChI is InChI=1S/C18H16BrF2NO/c19-15-10-14(20)11-16(21)17(15)22(12-23)18(8-4-5-9-18)13-6-2-1-3-7-13/h1-3,6-7,10-12H,4-5,8-9H2. The van der Waals surface area contributed by atoms with Crippen molar-refractivity contribution in [2.24, 2.45) is 0 Å². The minimum Gasteiger partial charge on any atom is -0.301 e. The van der Waals surface area contributed by atoms with Crippen molar-refractivity contribution in [2.45, 2.75) is 31.2 Å². The molecule has 0 bridgehead atoms. The lowest BCUT2D eigenvalue weighted by molar-refractivity contribution is -0.108. The number of amides is 1. The van der Waals surface area contributed by atoms with Gasteiger partial charge in [-0.2, -0.15) is 0 Å². The van der Waals surface area contributed by atoms with Crippen LogP contribution in [0.2, 0.25) is 0 Å². The predicted octanol–water partition coefficient (Wildman–Crippen LogP) is 5.16. The lowest BCUT2D eigenvalue weighted by Gasteiger charge is -2.40. The minimum absolute atomic E-state index is 0.0900. The molecule has 0 unspecified atom stereocenters. The minimum atomic E-state index is -0.744. The summed E-state index contributed by atoms with van der Waals surface area (Å²) < 4.78 is 28.1. The van der Waals surface area contributed by atoms with Gasteiger partial charge in [0.1, 0.15) is 5.82 Å². The van der Waals surface area contributed by atoms with Crippen LogP contribution in [0.3, 0.4) is 0 Å². The highest BCUT2D eigenvalue weighted by atomic mass is 79.9. The SMILES string of the molecule is O=CN(c1c(F)cc(F)cc1Br)C1(c2ccccc2)CCCC1. The topological polar surface area (TPSA) is 20.3 Å². The van der Waals surface area contributed by atoms with Crippen molar-refractivity contribution in [1.82, 2.24) is 0 Å². The molecule has 1 amide bonds. The van der Waals surface area contributed by atoms with E-state index in [0.29, 0.717) is 6.41 Å². The molecule has 0 saturated heterocycles. The monoisotopic (exact) mass is 379 g/mol. The van der Waals surface area contributed by atoms with E-state index in [1.165, 1.54) is 11.0 Å². The normalized spacial score (nSPS) is 16.3. The first-order valence-electron chi connectivity index (χ1n) is 7.53. The molecule has 0 heterocycles. The molecule has 1 aliphatic carbocycles. The average molecular weight is 380 g/mol. The van der Waals surface area contributed by atoms with Gasteiger partial charge in [0, 0.05) is 10.5 Å². The van der Waals surface area contributed by atoms with Gasteiger partial charge < -0.3 is 4.90 Å². The summed E-state index contributed by atoms with van der Waals surface area (Å²) in [5.74, 6) is -1.42. The zero-order valence-electron chi connectivity index (χ0n) is 12.4. The van der Waals surface area contributed by atoms with E-state index < -0.39 is 17.2 Å². The zero-order chi connectivity index (χ0) is 16.4. The van der Waals surface area contributed by atoms with Crippen molar-refractivity contribution in [3.63, 3.8) is 0 Å². The molecule has 5 heteroatoms. The fraction of sp³-hybridized carbons (Fsp3) is 0.278. The van der Waals surface area contributed by atoms with E-state index in [4.69, 9.17) is 0 Å². The second-order valence-corrected chi connectivity index (χ2v) is 6.65. The van der Waals surface area contributed by atoms with Gasteiger partial charge >= 0.3 is 0 Å². The number of hydrogen-bond acceptors (Lipinski definition) is 1. The van der Waals surface area contributed by atoms with Crippen molar-refractivity contribution in [3.8, 4) is 0 Å². The zero-order valence-corrected chi connectivity index (χ0v) is 14.0. The van der Waals surface area contributed by atoms with Crippen molar-refractivity contribution in [2.75, 3.05) is 4.90 Å². The van der Waals surface area contributed by atoms with Crippen LogP contribution >= 0.6 is 15.9 Å². The van der Waals surface area contributed by atoms with Crippen LogP contribution in [0.5, 0.6) is 0 Å². The lowest BCUT2D eigenvalue weighted by atomic mass is 9.86. The molecule has 3 rings (SSSR count). The molecule has 1 aliphatic rings. The summed E-state index contributed by atoms with van der Waals surface area (Å²) in [6, 6.07) is 11.6. The molecule has 1 saturated carbocycles. The van der Waals surface area contributed by atoms with Crippen LogP contribution in [0, 0.1) is 11.6 Å². The first-order chi connectivity index (χ1) is 11.1. The third-order valence-electron chi connectivity index (χ3n) is 4.53. The number of carbonyl (C=O) groups excluding carboxylic acids is 1. The maximum Gasteiger partial charge on any atom is 0.215 e. The van der Waals surface area contributed by atoms with Crippen molar-refractivity contribution >= 4 is 28.0 Å². The lowest BCUT2D eigenvalue weighted by Crippen LogP contribution is -2.44. The van der Waals surface area contributed by atoms with Crippen LogP contribution in [0.25, 0.3) is 0 Å². The first-order valence-corrected chi connectivity index (χ1v) is 8.32. The summed E-state index contributed by atoms with van der Waals surface area (Å²) in [6.07, 6.45) is 4.07. The maximum absolute atomic E-state index is 14.4. The average Bonchev–Trinajstić information content (AvgIpc) is 3.02. The van der Waals surface area contributed by atoms with Crippen LogP contribution in [0.15, 0.2) is 46.9 Å². The van der Waals surface area contributed by atoms with E-state index in [9.17, 15) is 13.6 Å². The van der Waals surface area contributed by atoms with Gasteiger partial charge in [0.25, 0.3) is 0 Å². The summed E-state index contributed by atoms with van der Waals surface area (Å²) in [6.45, 7) is 0. The smallest absolute Gasteiger partial charge is 0.215 e. The van der Waals surface area contributed by atoms with Gasteiger partial charge in [-0.1, -0.05) is 43.2 Å². The van der Waals surface area contributed by atoms with Gasteiger partial charge in [-0.05, 0) is 40.4 Å². The highest BCUT2D eigenvalue weighted by molar-refractivity contribution is 9.10. The molecule has 1 fully saturated rings. The molecule has 2 nitrogen and oxygen atoms in total. The number of anilines is 1. The van der Waals surface area contributed by atoms with Gasteiger partial charge in [0.05, 0.1) is 11.2 Å². The van der Waals surface area contributed by atoms with Gasteiger partial charge in [-0.25, -0.2) is 8.78 Å². The Kier molecular flexibility index (Phi) is 4.48. The van der Waals surface area contributed by atoms with Crippen LogP contribution < -0.4 is 4.90 Å². The van der Waals surface area contributed by atoms with Gasteiger partial charge in [0.2, 0.25) is 6.41 Å². The Hall–Kier alpha value is -1.75. The quantitative estimate of drug-likeness (QED) is 0.671. The van der Waals surface area contributed by atoms with E-state index >= 15 is 0 Å². The Labute approximate surface area is 142 Å². The number of carbonyl (C=O) groups is 1. The van der Waals surface area contributed by atoms with E-state index in [1.807, 2.05) is 30.3 Å². The number of rotatable bonds is 4. The van der Waals surface area contributed by atoms with E-state index in [2.05, 4.69) is 15.9 Å². The van der Waals surface area contributed by atoms with E-state index in [1.54, 1.807) is 0 Å². The molecular weight excluding hydrogens is 364 g/mol. The fourth-order valence-electron chi connectivity index (χ4n) is 3.51. The van der Waals surface area contributed by atoms with Crippen molar-refractivity contribution in [3.05, 3.63) is 64.1 Å². The van der Waals surface area contributed by atoms with Crippen molar-refractivity contribution in [1.29, 1.82) is 0 Å². The van der Waals surface area contributed by atoms with E-state index in [0.717, 1.165) is 37.3 Å². The highest BCUT2D eigenvalue weighted by Gasteiger charge is 2.43. The molecule has 23 heavy (non-hydrogen) atoms. The first kappa shape index (κ1) is 16.1. The fourth-order valence-corrected chi connectivity index (χ4v) is 4.11. The predicted molar refractivity (Wildman–Crippen MR) is 89.2 cm³/mol. The van der Waals surface area contributed by atoms with Crippen LogP contribution in [0.4, 0.5) is 14.5 Å². The molecular formula is C18H16BrF2NO. The molecule has 0 N–H and O–H groups in total. The molecule has 0 atom stereocenters. The Morgan fingerprint density at radius 2 is 1.74 bits per heavy atom. The molecule has 2 aromatic rings. The van der Waals surface area contributed by atoms with Gasteiger partial charge in [-0.15, -0.1) is 0 Å². The van der Waals surface area contributed by atoms with Gasteiger partial charge in [-0.3, -0.25) is 4.79 Å². The van der Waals surface area contributed by atoms with Crippen LogP contribution in [-0.2, 0) is 10.3 Å². The number of halogens is 3. The van der Waals surface area contributed by atoms with Gasteiger partial charge in [0.15, 0.2) is 5.82 Å². The molecule has 0 radical (unpaired) electrons. The summed E-state index contributed by atoms with van der Waals surface area (Å²) in [4.78, 5) is 13.3. The molecule has 0 spiro atoms. The summed E-state index contributed by atoms with van der Waals surface area (Å²) in [7, 11) is 0. The van der Waals surface area contributed by atoms with Crippen LogP contribution in [-0.4, -0.2) is 6.41 Å². The highest BCUT2D eigenvalue weighted by Crippen LogP contribution is 2.47. The molecule has 120 valence electrons. The molecule has 0 aliphatic heterocycles. The third kappa shape index (κ3) is 2.78. The van der Waals surface area contributed by atoms with Crippen LogP contribution in [0.1, 0.15) is 31.2 Å². The molecule has 0 aromatic heterocycles. The summed E-state index contributed by atoms with van der Waals surface area (Å²) in [5, 5.41) is 0. The second kappa shape index (κ2) is 6.40. The molecule has 2 aromatic carbocycles. The number of nitrogens with zero attached hydrogens (tertiary/aromatic N) is 1. The van der Waals surface area contributed by atoms with Crippen molar-refractivity contribution < 1.29 is 13.6 Å². The van der Waals surface area contributed by atoms with E-state index in [-0.39, 0.29) is 10.2 Å². The third-order valence-corrected chi connectivity index (χ3v) is 5.14. The Bertz CT molecular complexity index is 691. The Morgan fingerprint density at radius 1 is 1.09 bits per heavy atom.